The van der Waals surface area contributed by atoms with E-state index in [1.807, 2.05) is 18.2 Å². The van der Waals surface area contributed by atoms with E-state index in [1.165, 1.54) is 11.0 Å². The summed E-state index contributed by atoms with van der Waals surface area (Å²) < 4.78 is 16.4. The Morgan fingerprint density at radius 2 is 1.74 bits per heavy atom. The number of allylic oxidation sites excluding steroid dienone is 1. The summed E-state index contributed by atoms with van der Waals surface area (Å²) in [5.74, 6) is 1.69. The summed E-state index contributed by atoms with van der Waals surface area (Å²) in [6.07, 6.45) is 3.25. The van der Waals surface area contributed by atoms with Crippen LogP contribution in [0, 0.1) is 0 Å². The summed E-state index contributed by atoms with van der Waals surface area (Å²) in [6.45, 7) is 1.03. The molecule has 3 rings (SSSR count). The van der Waals surface area contributed by atoms with Crippen molar-refractivity contribution >= 4 is 17.8 Å². The lowest BCUT2D eigenvalue weighted by Crippen LogP contribution is -2.27. The van der Waals surface area contributed by atoms with E-state index in [4.69, 9.17) is 14.2 Å². The summed E-state index contributed by atoms with van der Waals surface area (Å²) in [6, 6.07) is 12.2. The number of amides is 1. The topological polar surface area (TPSA) is 65.1 Å². The SMILES string of the molecule is CN(C)C(=O)COc1ccc(C(=O)C=Cc2ccc3c(c2)OCCO3)cc1. The molecule has 0 aromatic heterocycles. The molecule has 1 aliphatic rings. The van der Waals surface area contributed by atoms with Gasteiger partial charge in [0.2, 0.25) is 0 Å². The standard InChI is InChI=1S/C21H21NO5/c1-22(2)21(24)14-27-17-7-5-16(6-8-17)18(23)9-3-15-4-10-19-20(13-15)26-12-11-25-19/h3-10,13H,11-12,14H2,1-2H3. The first-order valence-corrected chi connectivity index (χ1v) is 8.58. The minimum Gasteiger partial charge on any atom is -0.486 e. The highest BCUT2D eigenvalue weighted by Gasteiger charge is 2.11. The fourth-order valence-electron chi connectivity index (χ4n) is 2.42. The maximum Gasteiger partial charge on any atom is 0.259 e. The average molecular weight is 367 g/mol. The predicted molar refractivity (Wildman–Crippen MR) is 101 cm³/mol. The van der Waals surface area contributed by atoms with Gasteiger partial charge in [0, 0.05) is 19.7 Å². The lowest BCUT2D eigenvalue weighted by molar-refractivity contribution is -0.130. The molecule has 0 saturated heterocycles. The summed E-state index contributed by atoms with van der Waals surface area (Å²) in [4.78, 5) is 25.3. The Labute approximate surface area is 158 Å². The summed E-state index contributed by atoms with van der Waals surface area (Å²) in [5.41, 5.74) is 1.39. The molecule has 2 aromatic carbocycles. The minimum atomic E-state index is -0.127. The van der Waals surface area contributed by atoms with E-state index >= 15 is 0 Å². The number of carbonyl (C=O) groups excluding carboxylic acids is 2. The van der Waals surface area contributed by atoms with Crippen LogP contribution >= 0.6 is 0 Å². The van der Waals surface area contributed by atoms with Gasteiger partial charge in [-0.1, -0.05) is 12.1 Å². The van der Waals surface area contributed by atoms with Crippen molar-refractivity contribution in [2.75, 3.05) is 33.9 Å². The number of carbonyl (C=O) groups is 2. The lowest BCUT2D eigenvalue weighted by atomic mass is 10.1. The second-order valence-electron chi connectivity index (χ2n) is 6.20. The highest BCUT2D eigenvalue weighted by Crippen LogP contribution is 2.31. The Morgan fingerprint density at radius 3 is 2.44 bits per heavy atom. The van der Waals surface area contributed by atoms with Gasteiger partial charge < -0.3 is 19.1 Å². The van der Waals surface area contributed by atoms with E-state index in [2.05, 4.69) is 0 Å². The van der Waals surface area contributed by atoms with Crippen molar-refractivity contribution in [3.05, 3.63) is 59.7 Å². The van der Waals surface area contributed by atoms with Crippen LogP contribution in [-0.4, -0.2) is 50.5 Å². The first kappa shape index (κ1) is 18.5. The molecular weight excluding hydrogens is 346 g/mol. The number of fused-ring (bicyclic) bond motifs is 1. The van der Waals surface area contributed by atoms with Gasteiger partial charge in [0.25, 0.3) is 5.91 Å². The number of nitrogens with zero attached hydrogens (tertiary/aromatic N) is 1. The first-order valence-electron chi connectivity index (χ1n) is 8.58. The van der Waals surface area contributed by atoms with Crippen LogP contribution in [0.4, 0.5) is 0 Å². The van der Waals surface area contributed by atoms with E-state index in [0.29, 0.717) is 36.0 Å². The summed E-state index contributed by atoms with van der Waals surface area (Å²) in [7, 11) is 3.34. The van der Waals surface area contributed by atoms with Gasteiger partial charge in [0.05, 0.1) is 0 Å². The van der Waals surface area contributed by atoms with Crippen molar-refractivity contribution in [2.24, 2.45) is 0 Å². The molecule has 2 aromatic rings. The second-order valence-corrected chi connectivity index (χ2v) is 6.20. The molecule has 0 atom stereocenters. The number of rotatable bonds is 6. The van der Waals surface area contributed by atoms with Gasteiger partial charge in [-0.15, -0.1) is 0 Å². The normalized spacial score (nSPS) is 12.7. The van der Waals surface area contributed by atoms with Crippen LogP contribution in [0.5, 0.6) is 17.2 Å². The smallest absolute Gasteiger partial charge is 0.259 e. The van der Waals surface area contributed by atoms with Gasteiger partial charge in [0.15, 0.2) is 23.9 Å². The Bertz CT molecular complexity index is 855. The van der Waals surface area contributed by atoms with Crippen molar-refractivity contribution in [1.29, 1.82) is 0 Å². The number of ketones is 1. The molecule has 1 aliphatic heterocycles. The molecule has 1 amide bonds. The van der Waals surface area contributed by atoms with Crippen LogP contribution in [0.1, 0.15) is 15.9 Å². The van der Waals surface area contributed by atoms with Crippen LogP contribution in [0.25, 0.3) is 6.08 Å². The van der Waals surface area contributed by atoms with Gasteiger partial charge in [-0.25, -0.2) is 0 Å². The zero-order chi connectivity index (χ0) is 19.2. The Kier molecular flexibility index (Phi) is 5.76. The van der Waals surface area contributed by atoms with Crippen LogP contribution < -0.4 is 14.2 Å². The fourth-order valence-corrected chi connectivity index (χ4v) is 2.42. The zero-order valence-corrected chi connectivity index (χ0v) is 15.3. The third-order valence-electron chi connectivity index (χ3n) is 3.99. The van der Waals surface area contributed by atoms with E-state index in [9.17, 15) is 9.59 Å². The van der Waals surface area contributed by atoms with Crippen molar-refractivity contribution < 1.29 is 23.8 Å². The molecule has 0 spiro atoms. The van der Waals surface area contributed by atoms with Crippen molar-refractivity contribution in [1.82, 2.24) is 4.90 Å². The number of benzene rings is 2. The maximum atomic E-state index is 12.3. The molecule has 6 nitrogen and oxygen atoms in total. The Hall–Kier alpha value is -3.28. The third-order valence-corrected chi connectivity index (χ3v) is 3.99. The molecule has 27 heavy (non-hydrogen) atoms. The van der Waals surface area contributed by atoms with Gasteiger partial charge in [-0.3, -0.25) is 9.59 Å². The highest BCUT2D eigenvalue weighted by atomic mass is 16.6. The average Bonchev–Trinajstić information content (AvgIpc) is 2.70. The second kappa shape index (κ2) is 8.40. The molecule has 140 valence electrons. The molecule has 0 saturated carbocycles. The van der Waals surface area contributed by atoms with Gasteiger partial charge >= 0.3 is 0 Å². The number of ether oxygens (including phenoxy) is 3. The molecule has 0 fully saturated rings. The van der Waals surface area contributed by atoms with Crippen LogP contribution in [-0.2, 0) is 4.79 Å². The van der Waals surface area contributed by atoms with E-state index in [-0.39, 0.29) is 18.3 Å². The number of likely N-dealkylation sites (N-methyl/N-ethyl adjacent to an activating group) is 1. The van der Waals surface area contributed by atoms with E-state index in [1.54, 1.807) is 44.4 Å². The van der Waals surface area contributed by atoms with E-state index < -0.39 is 0 Å². The largest absolute Gasteiger partial charge is 0.486 e. The molecule has 0 bridgehead atoms. The molecule has 0 N–H and O–H groups in total. The van der Waals surface area contributed by atoms with Crippen LogP contribution in [0.15, 0.2) is 48.5 Å². The quantitative estimate of drug-likeness (QED) is 0.580. The zero-order valence-electron chi connectivity index (χ0n) is 15.3. The highest BCUT2D eigenvalue weighted by molar-refractivity contribution is 6.06. The summed E-state index contributed by atoms with van der Waals surface area (Å²) in [5, 5.41) is 0. The fraction of sp³-hybridized carbons (Fsp3) is 0.238. The molecular formula is C21H21NO5. The molecule has 0 radical (unpaired) electrons. The molecule has 0 aliphatic carbocycles. The molecule has 1 heterocycles. The van der Waals surface area contributed by atoms with E-state index in [0.717, 1.165) is 5.56 Å². The van der Waals surface area contributed by atoms with Gasteiger partial charge in [0.1, 0.15) is 19.0 Å². The van der Waals surface area contributed by atoms with Gasteiger partial charge in [-0.05, 0) is 48.0 Å². The third kappa shape index (κ3) is 4.88. The Balaban J connectivity index is 1.60. The minimum absolute atomic E-state index is 0.0374. The number of hydrogen-bond acceptors (Lipinski definition) is 5. The predicted octanol–water partition coefficient (Wildman–Crippen LogP) is 2.82. The molecule has 0 unspecified atom stereocenters. The van der Waals surface area contributed by atoms with Crippen LogP contribution in [0.2, 0.25) is 0 Å². The van der Waals surface area contributed by atoms with Crippen molar-refractivity contribution in [3.8, 4) is 17.2 Å². The number of hydrogen-bond donors (Lipinski definition) is 0. The summed E-state index contributed by atoms with van der Waals surface area (Å²) >= 11 is 0. The van der Waals surface area contributed by atoms with Crippen LogP contribution in [0.3, 0.4) is 0 Å². The van der Waals surface area contributed by atoms with Crippen molar-refractivity contribution in [2.45, 2.75) is 0 Å². The lowest BCUT2D eigenvalue weighted by Gasteiger charge is -2.18. The maximum absolute atomic E-state index is 12.3. The van der Waals surface area contributed by atoms with Crippen molar-refractivity contribution in [3.63, 3.8) is 0 Å². The molecule has 6 heteroatoms. The van der Waals surface area contributed by atoms with Gasteiger partial charge in [-0.2, -0.15) is 0 Å². The monoisotopic (exact) mass is 367 g/mol. The first-order chi connectivity index (χ1) is 13.0. The Morgan fingerprint density at radius 1 is 1.04 bits per heavy atom.